The molecule has 1 heterocycles. The van der Waals surface area contributed by atoms with E-state index in [2.05, 4.69) is 5.32 Å². The number of benzene rings is 1. The molecule has 0 bridgehead atoms. The predicted octanol–water partition coefficient (Wildman–Crippen LogP) is 4.74. The van der Waals surface area contributed by atoms with Crippen molar-refractivity contribution < 1.29 is 13.9 Å². The number of rotatable bonds is 6. The lowest BCUT2D eigenvalue weighted by Gasteiger charge is -2.28. The Morgan fingerprint density at radius 2 is 2.08 bits per heavy atom. The van der Waals surface area contributed by atoms with Crippen LogP contribution in [0, 0.1) is 0 Å². The van der Waals surface area contributed by atoms with Crippen LogP contribution in [-0.2, 0) is 4.74 Å². The molecule has 0 spiro atoms. The molecule has 0 saturated heterocycles. The van der Waals surface area contributed by atoms with Crippen molar-refractivity contribution in [3.63, 3.8) is 0 Å². The van der Waals surface area contributed by atoms with Gasteiger partial charge in [-0.05, 0) is 56.5 Å². The minimum atomic E-state index is -0.0939. The Hall–Kier alpha value is -2.27. The lowest BCUT2D eigenvalue weighted by molar-refractivity contribution is 0.119. The van der Waals surface area contributed by atoms with E-state index in [0.29, 0.717) is 0 Å². The summed E-state index contributed by atoms with van der Waals surface area (Å²) in [5.74, 6) is 0.804. The van der Waals surface area contributed by atoms with Gasteiger partial charge in [0.25, 0.3) is 0 Å². The number of nitrogens with zero attached hydrogens (tertiary/aromatic N) is 1. The summed E-state index contributed by atoms with van der Waals surface area (Å²) in [7, 11) is 1.68. The molecule has 1 aliphatic rings. The third-order valence-corrected chi connectivity index (χ3v) is 4.51. The number of anilines is 1. The third-order valence-electron chi connectivity index (χ3n) is 4.51. The number of carbonyl (C=O) groups is 1. The highest BCUT2D eigenvalue weighted by molar-refractivity contribution is 5.90. The molecule has 5 heteroatoms. The van der Waals surface area contributed by atoms with E-state index in [1.165, 1.54) is 0 Å². The van der Waals surface area contributed by atoms with Gasteiger partial charge in [-0.1, -0.05) is 12.1 Å². The lowest BCUT2D eigenvalue weighted by Crippen LogP contribution is -2.38. The fourth-order valence-electron chi connectivity index (χ4n) is 2.87. The normalized spacial score (nSPS) is 16.5. The molecular formula is C19H24N2O3. The number of amides is 2. The Morgan fingerprint density at radius 3 is 2.71 bits per heavy atom. The molecule has 3 rings (SSSR count). The first-order valence-electron chi connectivity index (χ1n) is 8.35. The molecular weight excluding hydrogens is 304 g/mol. The zero-order valence-corrected chi connectivity index (χ0v) is 14.4. The molecule has 0 radical (unpaired) electrons. The zero-order chi connectivity index (χ0) is 17.1. The van der Waals surface area contributed by atoms with Crippen LogP contribution in [0.25, 0.3) is 0 Å². The van der Waals surface area contributed by atoms with Crippen molar-refractivity contribution in [2.45, 2.75) is 44.9 Å². The summed E-state index contributed by atoms with van der Waals surface area (Å²) >= 11 is 0. The summed E-state index contributed by atoms with van der Waals surface area (Å²) in [5.41, 5.74) is 1.81. The van der Waals surface area contributed by atoms with Gasteiger partial charge in [-0.2, -0.15) is 0 Å². The number of methoxy groups -OCH3 is 1. The van der Waals surface area contributed by atoms with Crippen LogP contribution < -0.4 is 5.32 Å². The number of hydrogen-bond acceptors (Lipinski definition) is 3. The summed E-state index contributed by atoms with van der Waals surface area (Å²) < 4.78 is 10.8. The Labute approximate surface area is 142 Å². The van der Waals surface area contributed by atoms with Crippen molar-refractivity contribution >= 4 is 11.7 Å². The molecule has 0 aliphatic heterocycles. The second kappa shape index (κ2) is 7.09. The van der Waals surface area contributed by atoms with E-state index in [1.807, 2.05) is 55.1 Å². The largest absolute Gasteiger partial charge is 0.467 e. The van der Waals surface area contributed by atoms with Crippen molar-refractivity contribution in [1.82, 2.24) is 4.90 Å². The number of urea groups is 1. The topological polar surface area (TPSA) is 54.7 Å². The first-order chi connectivity index (χ1) is 11.6. The lowest BCUT2D eigenvalue weighted by atomic mass is 10.1. The van der Waals surface area contributed by atoms with Crippen LogP contribution in [0.2, 0.25) is 0 Å². The van der Waals surface area contributed by atoms with Crippen LogP contribution in [0.5, 0.6) is 0 Å². The molecule has 0 unspecified atom stereocenters. The number of ether oxygens (including phenoxy) is 1. The minimum Gasteiger partial charge on any atom is -0.467 e. The summed E-state index contributed by atoms with van der Waals surface area (Å²) in [4.78, 5) is 14.7. The summed E-state index contributed by atoms with van der Waals surface area (Å²) in [6.07, 6.45) is 3.71. The SMILES string of the molecule is CO[C@@H](C)c1cccc(NC(=O)N(C2CC2)[C@H](C)c2ccco2)c1. The Balaban J connectivity index is 1.75. The highest BCUT2D eigenvalue weighted by atomic mass is 16.5. The van der Waals surface area contributed by atoms with E-state index >= 15 is 0 Å². The van der Waals surface area contributed by atoms with Gasteiger partial charge >= 0.3 is 6.03 Å². The van der Waals surface area contributed by atoms with Gasteiger partial charge in [-0.15, -0.1) is 0 Å². The maximum atomic E-state index is 12.8. The molecule has 2 aromatic rings. The van der Waals surface area contributed by atoms with E-state index < -0.39 is 0 Å². The van der Waals surface area contributed by atoms with E-state index in [-0.39, 0.29) is 24.2 Å². The van der Waals surface area contributed by atoms with Crippen LogP contribution in [-0.4, -0.2) is 24.1 Å². The molecule has 1 aromatic heterocycles. The van der Waals surface area contributed by atoms with Gasteiger partial charge in [0.05, 0.1) is 18.4 Å². The predicted molar refractivity (Wildman–Crippen MR) is 92.9 cm³/mol. The molecule has 1 N–H and O–H groups in total. The average Bonchev–Trinajstić information content (AvgIpc) is 3.25. The van der Waals surface area contributed by atoms with Gasteiger partial charge in [0.2, 0.25) is 0 Å². The third kappa shape index (κ3) is 3.62. The number of nitrogens with one attached hydrogen (secondary N) is 1. The monoisotopic (exact) mass is 328 g/mol. The fourth-order valence-corrected chi connectivity index (χ4v) is 2.87. The van der Waals surface area contributed by atoms with E-state index in [0.717, 1.165) is 29.9 Å². The first kappa shape index (κ1) is 16.6. The molecule has 1 fully saturated rings. The van der Waals surface area contributed by atoms with Crippen LogP contribution in [0.4, 0.5) is 10.5 Å². The molecule has 1 saturated carbocycles. The van der Waals surface area contributed by atoms with Crippen molar-refractivity contribution in [2.75, 3.05) is 12.4 Å². The highest BCUT2D eigenvalue weighted by Gasteiger charge is 2.37. The van der Waals surface area contributed by atoms with Crippen molar-refractivity contribution in [2.24, 2.45) is 0 Å². The Morgan fingerprint density at radius 1 is 1.29 bits per heavy atom. The molecule has 24 heavy (non-hydrogen) atoms. The van der Waals surface area contributed by atoms with E-state index in [1.54, 1.807) is 13.4 Å². The van der Waals surface area contributed by atoms with E-state index in [4.69, 9.17) is 9.15 Å². The van der Waals surface area contributed by atoms with Crippen molar-refractivity contribution in [1.29, 1.82) is 0 Å². The van der Waals surface area contributed by atoms with Gasteiger partial charge in [0.1, 0.15) is 5.76 Å². The van der Waals surface area contributed by atoms with Gasteiger partial charge in [-0.25, -0.2) is 4.79 Å². The van der Waals surface area contributed by atoms with Gasteiger partial charge < -0.3 is 19.4 Å². The molecule has 1 aromatic carbocycles. The minimum absolute atomic E-state index is 0.0107. The molecule has 2 amide bonds. The van der Waals surface area contributed by atoms with Gasteiger partial charge in [0, 0.05) is 18.8 Å². The summed E-state index contributed by atoms with van der Waals surface area (Å²) in [5, 5.41) is 3.02. The van der Waals surface area contributed by atoms with Crippen LogP contribution in [0.1, 0.15) is 50.2 Å². The maximum absolute atomic E-state index is 12.8. The number of carbonyl (C=O) groups excluding carboxylic acids is 1. The fraction of sp³-hybridized carbons (Fsp3) is 0.421. The average molecular weight is 328 g/mol. The first-order valence-corrected chi connectivity index (χ1v) is 8.35. The quantitative estimate of drug-likeness (QED) is 0.833. The van der Waals surface area contributed by atoms with Crippen LogP contribution >= 0.6 is 0 Å². The number of furan rings is 1. The smallest absolute Gasteiger partial charge is 0.322 e. The highest BCUT2D eigenvalue weighted by Crippen LogP contribution is 2.35. The Bertz CT molecular complexity index is 680. The summed E-state index contributed by atoms with van der Waals surface area (Å²) in [6.45, 7) is 3.98. The second-order valence-electron chi connectivity index (χ2n) is 6.26. The van der Waals surface area contributed by atoms with Crippen molar-refractivity contribution in [3.8, 4) is 0 Å². The van der Waals surface area contributed by atoms with Gasteiger partial charge in [0.15, 0.2) is 0 Å². The maximum Gasteiger partial charge on any atom is 0.322 e. The van der Waals surface area contributed by atoms with Crippen molar-refractivity contribution in [3.05, 3.63) is 54.0 Å². The van der Waals surface area contributed by atoms with Gasteiger partial charge in [-0.3, -0.25) is 0 Å². The second-order valence-corrected chi connectivity index (χ2v) is 6.26. The molecule has 2 atom stereocenters. The molecule has 1 aliphatic carbocycles. The Kier molecular flexibility index (Phi) is 4.90. The standard InChI is InChI=1S/C19H24N2O3/c1-13(18-8-5-11-24-18)21(17-9-10-17)19(22)20-16-7-4-6-15(12-16)14(2)23-3/h4-8,11-14,17H,9-10H2,1-3H3,(H,20,22)/t13-,14+/m1/s1. The molecule has 5 nitrogen and oxygen atoms in total. The van der Waals surface area contributed by atoms with Crippen LogP contribution in [0.15, 0.2) is 47.1 Å². The zero-order valence-electron chi connectivity index (χ0n) is 14.4. The van der Waals surface area contributed by atoms with E-state index in [9.17, 15) is 4.79 Å². The number of hydrogen-bond donors (Lipinski definition) is 1. The molecule has 128 valence electrons. The van der Waals surface area contributed by atoms with Crippen LogP contribution in [0.3, 0.4) is 0 Å². The summed E-state index contributed by atoms with van der Waals surface area (Å²) in [6, 6.07) is 11.6.